The molecule has 0 spiro atoms. The van der Waals surface area contributed by atoms with Gasteiger partial charge in [-0.2, -0.15) is 0 Å². The van der Waals surface area contributed by atoms with E-state index in [4.69, 9.17) is 0 Å². The van der Waals surface area contributed by atoms with Gasteiger partial charge in [-0.25, -0.2) is 0 Å². The molecule has 2 unspecified atom stereocenters. The van der Waals surface area contributed by atoms with E-state index in [9.17, 15) is 10.2 Å². The maximum Gasteiger partial charge on any atom is 0.0640 e. The third-order valence-corrected chi connectivity index (χ3v) is 5.12. The van der Waals surface area contributed by atoms with Crippen LogP contribution in [0, 0.1) is 0 Å². The van der Waals surface area contributed by atoms with Gasteiger partial charge in [0, 0.05) is 20.5 Å². The lowest BCUT2D eigenvalue weighted by molar-refractivity contribution is -0.0256. The summed E-state index contributed by atoms with van der Waals surface area (Å²) < 4.78 is 0. The molecule has 0 fully saturated rings. The molecule has 0 saturated carbocycles. The van der Waals surface area contributed by atoms with Gasteiger partial charge >= 0.3 is 0 Å². The molecule has 0 heterocycles. The highest BCUT2D eigenvalue weighted by Crippen LogP contribution is 2.31. The molecule has 0 aromatic carbocycles. The van der Waals surface area contributed by atoms with Crippen LogP contribution in [0.2, 0.25) is 0 Å². The van der Waals surface area contributed by atoms with Crippen LogP contribution in [-0.4, -0.2) is 56.6 Å². The van der Waals surface area contributed by atoms with E-state index < -0.39 is 11.2 Å². The summed E-state index contributed by atoms with van der Waals surface area (Å²) in [6, 6.07) is 0. The first-order valence-electron chi connectivity index (χ1n) is 8.92. The number of nitrogens with zero attached hydrogens (tertiary/aromatic N) is 4. The highest BCUT2D eigenvalue weighted by atomic mass is 16.3. The van der Waals surface area contributed by atoms with E-state index in [1.165, 1.54) is 0 Å². The lowest BCUT2D eigenvalue weighted by atomic mass is 9.83. The SMILES string of the molecule is CCC(C)(O)CC(C)(CC)N(C)/N=N/N(C)C(C)(C)CC(C)(C)O. The lowest BCUT2D eigenvalue weighted by Crippen LogP contribution is -2.47. The van der Waals surface area contributed by atoms with Crippen molar-refractivity contribution in [3.05, 3.63) is 0 Å². The maximum atomic E-state index is 10.4. The predicted octanol–water partition coefficient (Wildman–Crippen LogP) is 3.79. The van der Waals surface area contributed by atoms with Crippen LogP contribution in [0.15, 0.2) is 10.4 Å². The molecule has 6 heteroatoms. The van der Waals surface area contributed by atoms with Gasteiger partial charge in [-0.1, -0.05) is 24.3 Å². The van der Waals surface area contributed by atoms with Gasteiger partial charge in [0.15, 0.2) is 0 Å². The molecule has 0 aromatic rings. The van der Waals surface area contributed by atoms with E-state index in [0.717, 1.165) is 6.42 Å². The summed E-state index contributed by atoms with van der Waals surface area (Å²) in [6.45, 7) is 15.7. The van der Waals surface area contributed by atoms with Crippen LogP contribution in [0.4, 0.5) is 0 Å². The molecule has 0 bridgehead atoms. The fourth-order valence-corrected chi connectivity index (χ4v) is 2.94. The Labute approximate surface area is 148 Å². The quantitative estimate of drug-likeness (QED) is 0.467. The second kappa shape index (κ2) is 8.00. The Bertz CT molecular complexity index is 416. The standard InChI is InChI=1S/C18H40N4O2/c1-11-17(7,14-18(8,24)12-2)22(10)20-19-21(9)15(3,4)13-16(5,6)23/h23-24H,11-14H2,1-10H3/b20-19+. The van der Waals surface area contributed by atoms with Crippen molar-refractivity contribution in [2.24, 2.45) is 10.4 Å². The molecule has 0 aliphatic heterocycles. The molecule has 6 nitrogen and oxygen atoms in total. The third-order valence-electron chi connectivity index (χ3n) is 5.12. The molecule has 24 heavy (non-hydrogen) atoms. The van der Waals surface area contributed by atoms with Crippen molar-refractivity contribution in [3.8, 4) is 0 Å². The summed E-state index contributed by atoms with van der Waals surface area (Å²) in [7, 11) is 3.77. The third kappa shape index (κ3) is 7.34. The maximum absolute atomic E-state index is 10.4. The van der Waals surface area contributed by atoms with E-state index >= 15 is 0 Å². The van der Waals surface area contributed by atoms with Gasteiger partial charge in [-0.3, -0.25) is 10.0 Å². The second-order valence-corrected chi connectivity index (χ2v) is 8.91. The molecule has 144 valence electrons. The Kier molecular flexibility index (Phi) is 7.71. The molecule has 2 N–H and O–H groups in total. The van der Waals surface area contributed by atoms with E-state index in [1.54, 1.807) is 18.9 Å². The zero-order valence-corrected chi connectivity index (χ0v) is 17.5. The Morgan fingerprint density at radius 3 is 1.58 bits per heavy atom. The van der Waals surface area contributed by atoms with Crippen LogP contribution in [0.1, 0.15) is 81.1 Å². The monoisotopic (exact) mass is 344 g/mol. The Hall–Kier alpha value is -0.880. The second-order valence-electron chi connectivity index (χ2n) is 8.91. The summed E-state index contributed by atoms with van der Waals surface area (Å²) >= 11 is 0. The molecule has 0 amide bonds. The van der Waals surface area contributed by atoms with Gasteiger partial charge in [0.1, 0.15) is 0 Å². The van der Waals surface area contributed by atoms with Crippen molar-refractivity contribution in [1.29, 1.82) is 0 Å². The van der Waals surface area contributed by atoms with Crippen LogP contribution in [-0.2, 0) is 0 Å². The molecule has 0 radical (unpaired) electrons. The number of hydrogen-bond donors (Lipinski definition) is 2. The fraction of sp³-hybridized carbons (Fsp3) is 1.00. The van der Waals surface area contributed by atoms with Crippen molar-refractivity contribution in [1.82, 2.24) is 10.0 Å². The average molecular weight is 345 g/mol. The first-order valence-corrected chi connectivity index (χ1v) is 8.92. The van der Waals surface area contributed by atoms with Crippen molar-refractivity contribution >= 4 is 0 Å². The Balaban J connectivity index is 5.11. The molecular formula is C18H40N4O2. The Morgan fingerprint density at radius 1 is 0.750 bits per heavy atom. The zero-order chi connectivity index (χ0) is 19.4. The first-order chi connectivity index (χ1) is 10.6. The van der Waals surface area contributed by atoms with Gasteiger partial charge < -0.3 is 10.2 Å². The molecule has 0 aliphatic carbocycles. The minimum Gasteiger partial charge on any atom is -0.390 e. The Morgan fingerprint density at radius 2 is 1.21 bits per heavy atom. The van der Waals surface area contributed by atoms with Gasteiger partial charge in [0.05, 0.1) is 22.3 Å². The van der Waals surface area contributed by atoms with Crippen LogP contribution in [0.5, 0.6) is 0 Å². The van der Waals surface area contributed by atoms with Crippen LogP contribution < -0.4 is 0 Å². The van der Waals surface area contributed by atoms with Crippen LogP contribution in [0.25, 0.3) is 0 Å². The van der Waals surface area contributed by atoms with E-state index in [-0.39, 0.29) is 11.1 Å². The number of aliphatic hydroxyl groups is 2. The minimum absolute atomic E-state index is 0.274. The van der Waals surface area contributed by atoms with Gasteiger partial charge in [0.25, 0.3) is 0 Å². The molecule has 0 aliphatic rings. The molecule has 0 saturated heterocycles. The van der Waals surface area contributed by atoms with Crippen molar-refractivity contribution in [3.63, 3.8) is 0 Å². The normalized spacial score (nSPS) is 18.3. The van der Waals surface area contributed by atoms with Crippen molar-refractivity contribution in [2.75, 3.05) is 14.1 Å². The van der Waals surface area contributed by atoms with E-state index in [0.29, 0.717) is 19.3 Å². The topological polar surface area (TPSA) is 71.7 Å². The van der Waals surface area contributed by atoms with Gasteiger partial charge in [-0.05, 0) is 60.8 Å². The highest BCUT2D eigenvalue weighted by Gasteiger charge is 2.36. The van der Waals surface area contributed by atoms with E-state index in [1.807, 2.05) is 46.8 Å². The first kappa shape index (κ1) is 23.1. The largest absolute Gasteiger partial charge is 0.390 e. The average Bonchev–Trinajstić information content (AvgIpc) is 2.41. The van der Waals surface area contributed by atoms with Crippen molar-refractivity contribution < 1.29 is 10.2 Å². The summed E-state index contributed by atoms with van der Waals surface area (Å²) in [5.74, 6) is 0. The lowest BCUT2D eigenvalue weighted by Gasteiger charge is -2.41. The summed E-state index contributed by atoms with van der Waals surface area (Å²) in [6.07, 6.45) is 2.76. The van der Waals surface area contributed by atoms with Gasteiger partial charge in [0.2, 0.25) is 0 Å². The zero-order valence-electron chi connectivity index (χ0n) is 17.5. The van der Waals surface area contributed by atoms with Gasteiger partial charge in [-0.15, -0.1) is 0 Å². The highest BCUT2D eigenvalue weighted by molar-refractivity contribution is 4.89. The molecule has 0 aromatic heterocycles. The minimum atomic E-state index is -0.767. The fourth-order valence-electron chi connectivity index (χ4n) is 2.94. The van der Waals surface area contributed by atoms with Crippen LogP contribution >= 0.6 is 0 Å². The summed E-state index contributed by atoms with van der Waals surface area (Å²) in [5.41, 5.74) is -2.08. The van der Waals surface area contributed by atoms with Crippen molar-refractivity contribution in [2.45, 2.75) is 103 Å². The molecule has 0 rings (SSSR count). The summed E-state index contributed by atoms with van der Waals surface area (Å²) in [4.78, 5) is 0. The smallest absolute Gasteiger partial charge is 0.0640 e. The van der Waals surface area contributed by atoms with Crippen LogP contribution in [0.3, 0.4) is 0 Å². The summed E-state index contributed by atoms with van der Waals surface area (Å²) in [5, 5.41) is 32.8. The number of hydrogen-bond acceptors (Lipinski definition) is 4. The van der Waals surface area contributed by atoms with E-state index in [2.05, 4.69) is 24.3 Å². The predicted molar refractivity (Wildman–Crippen MR) is 99.6 cm³/mol. The molecule has 2 atom stereocenters. The molecular weight excluding hydrogens is 304 g/mol. The number of rotatable bonds is 10.